The van der Waals surface area contributed by atoms with E-state index in [1.165, 1.54) is 12.5 Å². The van der Waals surface area contributed by atoms with Crippen LogP contribution in [0.1, 0.15) is 65.0 Å². The minimum Gasteiger partial charge on any atom is -0.497 e. The number of nitrogens with one attached hydrogen (secondary N) is 1. The minimum atomic E-state index is -2.04. The number of nitrogens with two attached hydrogens (primary N) is 1. The van der Waals surface area contributed by atoms with Gasteiger partial charge in [-0.05, 0) is 55.0 Å². The summed E-state index contributed by atoms with van der Waals surface area (Å²) < 4.78 is 11.9. The normalized spacial score (nSPS) is 34.2. The largest absolute Gasteiger partial charge is 0.497 e. The number of esters is 1. The first-order chi connectivity index (χ1) is 18.8. The summed E-state index contributed by atoms with van der Waals surface area (Å²) in [5.41, 5.74) is 5.34. The second-order valence-electron chi connectivity index (χ2n) is 13.1. The number of aliphatic hydroxyl groups is 1. The molecule has 1 aromatic carbocycles. The first-order valence-corrected chi connectivity index (χ1v) is 14.6. The van der Waals surface area contributed by atoms with Crippen LogP contribution in [-0.4, -0.2) is 86.0 Å². The summed E-state index contributed by atoms with van der Waals surface area (Å²) >= 11 is 0. The van der Waals surface area contributed by atoms with Crippen molar-refractivity contribution in [1.82, 2.24) is 10.2 Å². The highest BCUT2D eigenvalue weighted by Gasteiger charge is 2.80. The predicted molar refractivity (Wildman–Crippen MR) is 155 cm³/mol. The van der Waals surface area contributed by atoms with Crippen molar-refractivity contribution < 1.29 is 24.2 Å². The van der Waals surface area contributed by atoms with Gasteiger partial charge in [-0.1, -0.05) is 39.8 Å². The second-order valence-corrected chi connectivity index (χ2v) is 13.1. The molecule has 3 heterocycles. The molecule has 1 amide bonds. The highest BCUT2D eigenvalue weighted by Crippen LogP contribution is 2.68. The number of anilines is 1. The Labute approximate surface area is 238 Å². The molecule has 6 atom stereocenters. The molecule has 3 unspecified atom stereocenters. The Morgan fingerprint density at radius 1 is 1.25 bits per heavy atom. The molecule has 1 saturated carbocycles. The molecular weight excluding hydrogens is 508 g/mol. The zero-order chi connectivity index (χ0) is 29.3. The van der Waals surface area contributed by atoms with Crippen LogP contribution in [0.4, 0.5) is 5.69 Å². The number of hydrogen-bond donors (Lipinski definition) is 3. The summed E-state index contributed by atoms with van der Waals surface area (Å²) in [6.07, 6.45) is 5.09. The monoisotopic (exact) mass is 554 g/mol. The van der Waals surface area contributed by atoms with E-state index in [1.807, 2.05) is 13.1 Å². The standard InChI is InChI=1S/C31H46N4O5/c1-8-29-11-9-15-35-16-12-30(24(29)35)23-21(28(3,4)5)17-20(39-7)18-22(23)34(6)25(30)31(38,26(29)40-19(2)36)27(37)33-14-10-13-32/h9,11,17-18,24-26,38H,8,10,12-16,32H2,1-7H3,(H,33,37)/t24?,25?,26-,29-,30?,31+/m1/s1. The topological polar surface area (TPSA) is 117 Å². The molecule has 9 nitrogen and oxygen atoms in total. The molecule has 3 aliphatic heterocycles. The predicted octanol–water partition coefficient (Wildman–Crippen LogP) is 2.23. The van der Waals surface area contributed by atoms with Gasteiger partial charge in [-0.15, -0.1) is 0 Å². The molecule has 0 bridgehead atoms. The van der Waals surface area contributed by atoms with Gasteiger partial charge in [0.15, 0.2) is 6.10 Å². The Kier molecular flexibility index (Phi) is 7.03. The molecular formula is C31H46N4O5. The van der Waals surface area contributed by atoms with Crippen molar-refractivity contribution in [2.45, 2.75) is 88.5 Å². The maximum Gasteiger partial charge on any atom is 0.303 e. The summed E-state index contributed by atoms with van der Waals surface area (Å²) in [6, 6.07) is 3.39. The van der Waals surface area contributed by atoms with Crippen LogP contribution in [0, 0.1) is 5.41 Å². The fourth-order valence-electron chi connectivity index (χ4n) is 8.70. The van der Waals surface area contributed by atoms with Crippen LogP contribution in [0.3, 0.4) is 0 Å². The van der Waals surface area contributed by atoms with Crippen molar-refractivity contribution >= 4 is 17.6 Å². The Balaban J connectivity index is 1.87. The molecule has 0 radical (unpaired) electrons. The van der Waals surface area contributed by atoms with Gasteiger partial charge in [0, 0.05) is 55.7 Å². The van der Waals surface area contributed by atoms with Gasteiger partial charge in [-0.2, -0.15) is 0 Å². The molecule has 9 heteroatoms. The summed E-state index contributed by atoms with van der Waals surface area (Å²) in [5.74, 6) is -0.306. The maximum atomic E-state index is 14.4. The number of ether oxygens (including phenoxy) is 2. The lowest BCUT2D eigenvalue weighted by molar-refractivity contribution is -0.218. The van der Waals surface area contributed by atoms with Crippen LogP contribution >= 0.6 is 0 Å². The van der Waals surface area contributed by atoms with E-state index in [4.69, 9.17) is 15.2 Å². The average Bonchev–Trinajstić information content (AvgIpc) is 3.42. The van der Waals surface area contributed by atoms with Gasteiger partial charge in [0.1, 0.15) is 5.75 Å². The quantitative estimate of drug-likeness (QED) is 0.267. The van der Waals surface area contributed by atoms with Gasteiger partial charge in [0.2, 0.25) is 5.60 Å². The van der Waals surface area contributed by atoms with E-state index in [2.05, 4.69) is 61.0 Å². The third kappa shape index (κ3) is 3.70. The number of carbonyl (C=O) groups excluding carboxylic acids is 2. The number of benzene rings is 1. The van der Waals surface area contributed by atoms with Gasteiger partial charge in [0.25, 0.3) is 5.91 Å². The molecule has 1 aromatic rings. The van der Waals surface area contributed by atoms with E-state index in [1.54, 1.807) is 7.11 Å². The number of hydrogen-bond acceptors (Lipinski definition) is 8. The van der Waals surface area contributed by atoms with Crippen molar-refractivity contribution in [2.75, 3.05) is 45.2 Å². The molecule has 4 N–H and O–H groups in total. The summed E-state index contributed by atoms with van der Waals surface area (Å²) in [7, 11) is 3.62. The van der Waals surface area contributed by atoms with E-state index in [-0.39, 0.29) is 11.5 Å². The highest BCUT2D eigenvalue weighted by molar-refractivity contribution is 5.91. The van der Waals surface area contributed by atoms with Crippen LogP contribution in [0.2, 0.25) is 0 Å². The molecule has 5 rings (SSSR count). The Morgan fingerprint density at radius 3 is 2.58 bits per heavy atom. The molecule has 4 aliphatic rings. The van der Waals surface area contributed by atoms with Gasteiger partial charge in [-0.3, -0.25) is 14.5 Å². The number of nitrogens with zero attached hydrogens (tertiary/aromatic N) is 2. The Morgan fingerprint density at radius 2 is 1.98 bits per heavy atom. The van der Waals surface area contributed by atoms with Crippen LogP contribution in [0.25, 0.3) is 0 Å². The molecule has 40 heavy (non-hydrogen) atoms. The highest BCUT2D eigenvalue weighted by atomic mass is 16.6. The van der Waals surface area contributed by atoms with Crippen LogP contribution in [0.5, 0.6) is 5.75 Å². The average molecular weight is 555 g/mol. The molecule has 1 spiro atoms. The third-order valence-electron chi connectivity index (χ3n) is 10.0. The third-order valence-corrected chi connectivity index (χ3v) is 10.0. The van der Waals surface area contributed by atoms with Crippen molar-refractivity contribution in [2.24, 2.45) is 11.1 Å². The van der Waals surface area contributed by atoms with Gasteiger partial charge in [-0.25, -0.2) is 0 Å². The van der Waals surface area contributed by atoms with Crippen LogP contribution in [-0.2, 0) is 25.2 Å². The van der Waals surface area contributed by atoms with Gasteiger partial charge < -0.3 is 30.5 Å². The zero-order valence-corrected chi connectivity index (χ0v) is 25.0. The number of likely N-dealkylation sites (N-methyl/N-ethyl adjacent to an activating group) is 1. The number of methoxy groups -OCH3 is 1. The number of carbonyl (C=O) groups is 2. The van der Waals surface area contributed by atoms with E-state index in [0.717, 1.165) is 36.5 Å². The summed E-state index contributed by atoms with van der Waals surface area (Å²) in [6.45, 7) is 12.3. The maximum absolute atomic E-state index is 14.4. The van der Waals surface area contributed by atoms with Crippen LogP contribution in [0.15, 0.2) is 24.3 Å². The van der Waals surface area contributed by atoms with Crippen molar-refractivity contribution in [3.05, 3.63) is 35.4 Å². The lowest BCUT2D eigenvalue weighted by Crippen LogP contribution is -2.82. The smallest absolute Gasteiger partial charge is 0.303 e. The Bertz CT molecular complexity index is 1230. The second kappa shape index (κ2) is 9.74. The van der Waals surface area contributed by atoms with Crippen molar-refractivity contribution in [3.8, 4) is 5.75 Å². The first-order valence-electron chi connectivity index (χ1n) is 14.6. The number of fused-ring (bicyclic) bond motifs is 1. The fraction of sp³-hybridized carbons (Fsp3) is 0.677. The van der Waals surface area contributed by atoms with Crippen molar-refractivity contribution in [1.29, 1.82) is 0 Å². The van der Waals surface area contributed by atoms with Crippen LogP contribution < -0.4 is 20.7 Å². The Hall–Kier alpha value is -2.62. The van der Waals surface area contributed by atoms with E-state index < -0.39 is 40.5 Å². The number of rotatable bonds is 7. The van der Waals surface area contributed by atoms with E-state index in [9.17, 15) is 14.7 Å². The molecule has 0 aromatic heterocycles. The lowest BCUT2D eigenvalue weighted by atomic mass is 9.47. The SMILES string of the molecule is CC[C@]12C=CCN3CCC4(c5c(cc(OC)cc5C(C)(C)C)N(C)C4[C@@](O)(C(=O)NCCCN)[C@@H]1OC(C)=O)C32. The van der Waals surface area contributed by atoms with E-state index >= 15 is 0 Å². The summed E-state index contributed by atoms with van der Waals surface area (Å²) in [4.78, 5) is 31.6. The molecule has 1 saturated heterocycles. The molecule has 220 valence electrons. The first kappa shape index (κ1) is 28.9. The molecule has 2 fully saturated rings. The van der Waals surface area contributed by atoms with Gasteiger partial charge >= 0.3 is 5.97 Å². The zero-order valence-electron chi connectivity index (χ0n) is 25.0. The summed E-state index contributed by atoms with van der Waals surface area (Å²) in [5, 5.41) is 16.1. The number of amides is 1. The van der Waals surface area contributed by atoms with Gasteiger partial charge in [0.05, 0.1) is 13.2 Å². The fourth-order valence-corrected chi connectivity index (χ4v) is 8.70. The lowest BCUT2D eigenvalue weighted by Gasteiger charge is -2.64. The van der Waals surface area contributed by atoms with Crippen molar-refractivity contribution in [3.63, 3.8) is 0 Å². The minimum absolute atomic E-state index is 0.0836. The molecule has 1 aliphatic carbocycles. The van der Waals surface area contributed by atoms with E-state index in [0.29, 0.717) is 25.9 Å².